The van der Waals surface area contributed by atoms with Gasteiger partial charge in [-0.3, -0.25) is 8.98 Å². The van der Waals surface area contributed by atoms with Crippen LogP contribution in [0.15, 0.2) is 36.0 Å². The molecule has 3 atom stereocenters. The fourth-order valence-corrected chi connectivity index (χ4v) is 5.62. The van der Waals surface area contributed by atoms with Gasteiger partial charge in [0.1, 0.15) is 6.10 Å². The lowest BCUT2D eigenvalue weighted by atomic mass is 10.0. The van der Waals surface area contributed by atoms with Gasteiger partial charge in [0.25, 0.3) is 0 Å². The first-order valence-electron chi connectivity index (χ1n) is 18.4. The largest absolute Gasteiger partial charge is 0.726 e. The highest BCUT2D eigenvalue weighted by Gasteiger charge is 2.24. The summed E-state index contributed by atoms with van der Waals surface area (Å²) in [6, 6.07) is -1.20. The third-order valence-corrected chi connectivity index (χ3v) is 8.68. The maximum atomic E-state index is 12.6. The second kappa shape index (κ2) is 30.8. The van der Waals surface area contributed by atoms with E-state index in [1.54, 1.807) is 6.08 Å². The van der Waals surface area contributed by atoms with E-state index in [9.17, 15) is 28.0 Å². The molecule has 0 aromatic carbocycles. The molecular weight excluding hydrogens is 602 g/mol. The second-order valence-electron chi connectivity index (χ2n) is 12.8. The molecule has 0 saturated heterocycles. The average Bonchev–Trinajstić information content (AvgIpc) is 3.01. The summed E-state index contributed by atoms with van der Waals surface area (Å²) in [5.74, 6) is -0.727. The van der Waals surface area contributed by atoms with Gasteiger partial charge in [-0.25, -0.2) is 8.42 Å². The fraction of sp³-hybridized carbons (Fsp3) is 0.811. The Morgan fingerprint density at radius 2 is 1.24 bits per heavy atom. The van der Waals surface area contributed by atoms with Crippen LogP contribution in [0, 0.1) is 0 Å². The van der Waals surface area contributed by atoms with Gasteiger partial charge in [0.05, 0.1) is 18.8 Å². The number of allylic oxidation sites excluding steroid dienone is 5. The summed E-state index contributed by atoms with van der Waals surface area (Å²) >= 11 is 0. The number of amides is 1. The van der Waals surface area contributed by atoms with Crippen molar-refractivity contribution < 1.29 is 32.2 Å². The van der Waals surface area contributed by atoms with Crippen LogP contribution in [0.1, 0.15) is 168 Å². The molecule has 0 aliphatic carbocycles. The molecule has 0 rings (SSSR count). The van der Waals surface area contributed by atoms with Crippen molar-refractivity contribution in [3.05, 3.63) is 36.0 Å². The maximum Gasteiger partial charge on any atom is 0.249 e. The van der Waals surface area contributed by atoms with Crippen molar-refractivity contribution in [1.29, 1.82) is 0 Å². The average molecular weight is 671 g/mol. The van der Waals surface area contributed by atoms with Gasteiger partial charge in [0, 0.05) is 0 Å². The van der Waals surface area contributed by atoms with Crippen LogP contribution in [-0.2, 0) is 19.4 Å². The summed E-state index contributed by atoms with van der Waals surface area (Å²) in [5, 5.41) is 23.4. The van der Waals surface area contributed by atoms with Gasteiger partial charge < -0.3 is 20.1 Å². The highest BCUT2D eigenvalue weighted by atomic mass is 32.3. The Hall–Kier alpha value is -1.52. The van der Waals surface area contributed by atoms with Crippen LogP contribution in [0.2, 0.25) is 0 Å². The molecule has 0 aromatic heterocycles. The quantitative estimate of drug-likeness (QED) is 0.0214. The van der Waals surface area contributed by atoms with E-state index in [0.717, 1.165) is 37.7 Å². The molecule has 0 heterocycles. The van der Waals surface area contributed by atoms with Crippen LogP contribution in [0.3, 0.4) is 0 Å². The van der Waals surface area contributed by atoms with Crippen LogP contribution >= 0.6 is 0 Å². The van der Waals surface area contributed by atoms with Crippen LogP contribution in [0.5, 0.6) is 0 Å². The van der Waals surface area contributed by atoms with Gasteiger partial charge in [-0.05, 0) is 39.0 Å². The van der Waals surface area contributed by atoms with Gasteiger partial charge in [0.2, 0.25) is 16.3 Å². The minimum atomic E-state index is -5.01. The molecule has 0 radical (unpaired) electrons. The summed E-state index contributed by atoms with van der Waals surface area (Å²) in [6.07, 6.45) is 33.0. The SMILES string of the molecule is CCCCCCC/C=C/C(C)=C/CC/C=C/[C@@H](O)[C@H](COS(=O)(=O)[O-])NC(=O)[C@H](O)CCCCCCCCCCCCCCCC. The topological polar surface area (TPSA) is 136 Å². The Balaban J connectivity index is 4.39. The Morgan fingerprint density at radius 3 is 1.76 bits per heavy atom. The summed E-state index contributed by atoms with van der Waals surface area (Å²) in [6.45, 7) is 5.77. The number of hydrogen-bond donors (Lipinski definition) is 3. The van der Waals surface area contributed by atoms with Crippen molar-refractivity contribution in [2.75, 3.05) is 6.61 Å². The van der Waals surface area contributed by atoms with E-state index in [1.165, 1.54) is 102 Å². The number of rotatable bonds is 32. The first-order valence-corrected chi connectivity index (χ1v) is 19.7. The Labute approximate surface area is 282 Å². The molecule has 0 aliphatic rings. The lowest BCUT2D eigenvalue weighted by molar-refractivity contribution is -0.131. The van der Waals surface area contributed by atoms with E-state index >= 15 is 0 Å². The van der Waals surface area contributed by atoms with Crippen LogP contribution < -0.4 is 5.32 Å². The number of aliphatic hydroxyl groups is 2. The molecular formula is C37H68NO7S-. The lowest BCUT2D eigenvalue weighted by Gasteiger charge is -2.24. The zero-order valence-electron chi connectivity index (χ0n) is 29.4. The van der Waals surface area contributed by atoms with Crippen molar-refractivity contribution in [3.63, 3.8) is 0 Å². The smallest absolute Gasteiger partial charge is 0.249 e. The van der Waals surface area contributed by atoms with Crippen molar-refractivity contribution in [2.24, 2.45) is 0 Å². The zero-order chi connectivity index (χ0) is 34.3. The number of carbonyl (C=O) groups is 1. The number of nitrogens with one attached hydrogen (secondary N) is 1. The van der Waals surface area contributed by atoms with Crippen molar-refractivity contribution in [2.45, 2.75) is 187 Å². The van der Waals surface area contributed by atoms with Crippen molar-refractivity contribution >= 4 is 16.3 Å². The monoisotopic (exact) mass is 670 g/mol. The summed E-state index contributed by atoms with van der Waals surface area (Å²) in [5.41, 5.74) is 1.16. The molecule has 3 N–H and O–H groups in total. The third kappa shape index (κ3) is 29.9. The van der Waals surface area contributed by atoms with E-state index in [1.807, 2.05) is 6.92 Å². The molecule has 270 valence electrons. The molecule has 0 fully saturated rings. The molecule has 0 aromatic rings. The summed E-state index contributed by atoms with van der Waals surface area (Å²) < 4.78 is 37.3. The number of hydrogen-bond acceptors (Lipinski definition) is 7. The number of aliphatic hydroxyl groups excluding tert-OH is 2. The van der Waals surface area contributed by atoms with Crippen molar-refractivity contribution in [3.8, 4) is 0 Å². The highest BCUT2D eigenvalue weighted by molar-refractivity contribution is 7.80. The molecule has 0 spiro atoms. The van der Waals surface area contributed by atoms with Gasteiger partial charge in [-0.1, -0.05) is 165 Å². The highest BCUT2D eigenvalue weighted by Crippen LogP contribution is 2.14. The minimum absolute atomic E-state index is 0.266. The molecule has 46 heavy (non-hydrogen) atoms. The standard InChI is InChI=1S/C37H69NO7S/c1-4-6-8-10-12-13-14-15-16-17-18-20-22-26-31-36(40)37(41)38-34(32-45-46(42,43)44)35(39)30-27-23-25-29-33(3)28-24-21-19-11-9-7-5-2/h24,27-30,34-36,39-40H,4-23,25-26,31-32H2,1-3H3,(H,38,41)(H,42,43,44)/p-1/b28-24+,30-27+,33-29+/t34-,35+,36+/m0/s1. The Bertz CT molecular complexity index is 917. The van der Waals surface area contributed by atoms with E-state index in [4.69, 9.17) is 0 Å². The predicted octanol–water partition coefficient (Wildman–Crippen LogP) is 8.74. The van der Waals surface area contributed by atoms with Gasteiger partial charge in [-0.2, -0.15) is 0 Å². The minimum Gasteiger partial charge on any atom is -0.726 e. The molecule has 8 nitrogen and oxygen atoms in total. The molecule has 9 heteroatoms. The van der Waals surface area contributed by atoms with E-state index in [0.29, 0.717) is 12.8 Å². The summed E-state index contributed by atoms with van der Waals surface area (Å²) in [4.78, 5) is 12.6. The molecule has 0 unspecified atom stereocenters. The van der Waals surface area contributed by atoms with Gasteiger partial charge in [0.15, 0.2) is 0 Å². The lowest BCUT2D eigenvalue weighted by Crippen LogP contribution is -2.49. The Morgan fingerprint density at radius 1 is 0.739 bits per heavy atom. The zero-order valence-corrected chi connectivity index (χ0v) is 30.2. The van der Waals surface area contributed by atoms with Crippen LogP contribution in [0.25, 0.3) is 0 Å². The molecule has 0 bridgehead atoms. The van der Waals surface area contributed by atoms with Crippen molar-refractivity contribution in [1.82, 2.24) is 5.32 Å². The van der Waals surface area contributed by atoms with E-state index < -0.39 is 41.2 Å². The fourth-order valence-electron chi connectivity index (χ4n) is 5.30. The van der Waals surface area contributed by atoms with Crippen LogP contribution in [-0.4, -0.2) is 53.9 Å². The summed E-state index contributed by atoms with van der Waals surface area (Å²) in [7, 11) is -5.01. The first kappa shape index (κ1) is 44.5. The number of carbonyl (C=O) groups excluding carboxylic acids is 1. The number of unbranched alkanes of at least 4 members (excludes halogenated alkanes) is 19. The third-order valence-electron chi connectivity index (χ3n) is 8.25. The normalized spacial score (nSPS) is 14.7. The maximum absolute atomic E-state index is 12.6. The van der Waals surface area contributed by atoms with E-state index in [2.05, 4.69) is 41.6 Å². The Kier molecular flexibility index (Phi) is 29.8. The molecule has 0 aliphatic heterocycles. The molecule has 0 saturated carbocycles. The van der Waals surface area contributed by atoms with Gasteiger partial charge >= 0.3 is 0 Å². The second-order valence-corrected chi connectivity index (χ2v) is 13.8. The van der Waals surface area contributed by atoms with Crippen LogP contribution in [0.4, 0.5) is 0 Å². The van der Waals surface area contributed by atoms with Gasteiger partial charge in [-0.15, -0.1) is 0 Å². The predicted molar refractivity (Wildman–Crippen MR) is 189 cm³/mol. The first-order chi connectivity index (χ1) is 22.1. The van der Waals surface area contributed by atoms with E-state index in [-0.39, 0.29) is 6.42 Å². The molecule has 1 amide bonds.